The van der Waals surface area contributed by atoms with Crippen molar-refractivity contribution in [2.75, 3.05) is 20.1 Å². The van der Waals surface area contributed by atoms with Crippen molar-refractivity contribution in [3.8, 4) is 0 Å². The molecule has 0 unspecified atom stereocenters. The van der Waals surface area contributed by atoms with Crippen LogP contribution in [0, 0.1) is 0 Å². The Kier molecular flexibility index (Phi) is 5.40. The normalized spacial score (nSPS) is 23.2. The summed E-state index contributed by atoms with van der Waals surface area (Å²) in [6, 6.07) is -1.21. The molecular formula is C12H22N2O4. The fourth-order valence-electron chi connectivity index (χ4n) is 2.17. The molecule has 2 atom stereocenters. The first-order chi connectivity index (χ1) is 8.47. The van der Waals surface area contributed by atoms with Crippen molar-refractivity contribution in [2.24, 2.45) is 0 Å². The minimum absolute atomic E-state index is 0.105. The minimum Gasteiger partial charge on any atom is -0.480 e. The molecule has 1 fully saturated rings. The highest BCUT2D eigenvalue weighted by molar-refractivity contribution is 5.83. The first-order valence-corrected chi connectivity index (χ1v) is 6.40. The van der Waals surface area contributed by atoms with Crippen LogP contribution in [0.25, 0.3) is 0 Å². The van der Waals surface area contributed by atoms with Crippen molar-refractivity contribution in [1.82, 2.24) is 9.80 Å². The van der Waals surface area contributed by atoms with Crippen molar-refractivity contribution in [3.05, 3.63) is 0 Å². The summed E-state index contributed by atoms with van der Waals surface area (Å²) >= 11 is 0. The molecule has 0 saturated carbocycles. The predicted octanol–water partition coefficient (Wildman–Crippen LogP) is 0.748. The lowest BCUT2D eigenvalue weighted by molar-refractivity contribution is -0.141. The number of carbonyl (C=O) groups excluding carboxylic acids is 1. The number of β-amino-alcohol motifs (C(OH)–C–C–N with tert-alkyl or cyclic N) is 1. The van der Waals surface area contributed by atoms with E-state index in [1.165, 1.54) is 9.80 Å². The number of carboxylic acid groups (broad SMARTS) is 1. The lowest BCUT2D eigenvalue weighted by Gasteiger charge is -2.27. The molecule has 0 aliphatic carbocycles. The topological polar surface area (TPSA) is 81.1 Å². The van der Waals surface area contributed by atoms with E-state index >= 15 is 0 Å². The molecule has 1 heterocycles. The molecule has 1 aliphatic rings. The van der Waals surface area contributed by atoms with Crippen molar-refractivity contribution in [2.45, 2.75) is 44.8 Å². The molecule has 6 heteroatoms. The highest BCUT2D eigenvalue weighted by atomic mass is 16.4. The number of rotatable bonds is 5. The summed E-state index contributed by atoms with van der Waals surface area (Å²) in [6.07, 6.45) is 2.40. The highest BCUT2D eigenvalue weighted by Gasteiger charge is 2.39. The average molecular weight is 258 g/mol. The smallest absolute Gasteiger partial charge is 0.326 e. The molecule has 104 valence electrons. The summed E-state index contributed by atoms with van der Waals surface area (Å²) in [5.41, 5.74) is 0. The van der Waals surface area contributed by atoms with E-state index in [0.717, 1.165) is 19.3 Å². The molecule has 2 amide bonds. The van der Waals surface area contributed by atoms with Crippen LogP contribution in [0.15, 0.2) is 0 Å². The number of urea groups is 1. The second kappa shape index (κ2) is 6.58. The van der Waals surface area contributed by atoms with Gasteiger partial charge in [-0.3, -0.25) is 0 Å². The van der Waals surface area contributed by atoms with Crippen LogP contribution in [0.1, 0.15) is 32.6 Å². The Morgan fingerprint density at radius 3 is 2.61 bits per heavy atom. The maximum atomic E-state index is 12.1. The third-order valence-corrected chi connectivity index (χ3v) is 3.23. The zero-order valence-corrected chi connectivity index (χ0v) is 11.0. The Hall–Kier alpha value is -1.30. The van der Waals surface area contributed by atoms with Gasteiger partial charge in [0.1, 0.15) is 6.04 Å². The molecule has 0 aromatic rings. The van der Waals surface area contributed by atoms with Gasteiger partial charge in [-0.15, -0.1) is 0 Å². The average Bonchev–Trinajstić information content (AvgIpc) is 2.70. The first kappa shape index (κ1) is 14.8. The molecule has 0 aromatic carbocycles. The largest absolute Gasteiger partial charge is 0.480 e. The van der Waals surface area contributed by atoms with E-state index in [-0.39, 0.29) is 19.0 Å². The molecular weight excluding hydrogens is 236 g/mol. The summed E-state index contributed by atoms with van der Waals surface area (Å²) in [4.78, 5) is 25.9. The number of aliphatic carboxylic acids is 1. The van der Waals surface area contributed by atoms with Gasteiger partial charge < -0.3 is 20.0 Å². The zero-order chi connectivity index (χ0) is 13.7. The Labute approximate surface area is 107 Å². The number of aliphatic hydroxyl groups excluding tert-OH is 1. The number of nitrogens with zero attached hydrogens (tertiary/aromatic N) is 2. The number of amides is 2. The van der Waals surface area contributed by atoms with Crippen LogP contribution in [0.4, 0.5) is 4.79 Å². The molecule has 0 aromatic heterocycles. The van der Waals surface area contributed by atoms with Gasteiger partial charge >= 0.3 is 12.0 Å². The van der Waals surface area contributed by atoms with Crippen molar-refractivity contribution < 1.29 is 19.8 Å². The van der Waals surface area contributed by atoms with Gasteiger partial charge in [-0.2, -0.15) is 0 Å². The maximum Gasteiger partial charge on any atom is 0.326 e. The van der Waals surface area contributed by atoms with Gasteiger partial charge in [0.05, 0.1) is 6.10 Å². The van der Waals surface area contributed by atoms with Crippen LogP contribution in [-0.2, 0) is 4.79 Å². The molecule has 1 rings (SSSR count). The van der Waals surface area contributed by atoms with E-state index in [2.05, 4.69) is 6.92 Å². The van der Waals surface area contributed by atoms with E-state index in [1.54, 1.807) is 7.05 Å². The van der Waals surface area contributed by atoms with Gasteiger partial charge in [0.15, 0.2) is 0 Å². The Bertz CT molecular complexity index is 308. The first-order valence-electron chi connectivity index (χ1n) is 6.40. The van der Waals surface area contributed by atoms with Gasteiger partial charge in [-0.05, 0) is 6.42 Å². The summed E-state index contributed by atoms with van der Waals surface area (Å²) in [5, 5.41) is 18.5. The lowest BCUT2D eigenvalue weighted by Crippen LogP contribution is -2.47. The Morgan fingerprint density at radius 1 is 1.39 bits per heavy atom. The molecule has 0 spiro atoms. The summed E-state index contributed by atoms with van der Waals surface area (Å²) < 4.78 is 0. The van der Waals surface area contributed by atoms with Crippen LogP contribution in [0.5, 0.6) is 0 Å². The van der Waals surface area contributed by atoms with Gasteiger partial charge in [0, 0.05) is 26.6 Å². The molecule has 2 N–H and O–H groups in total. The highest BCUT2D eigenvalue weighted by Crippen LogP contribution is 2.19. The molecule has 0 radical (unpaired) electrons. The zero-order valence-electron chi connectivity index (χ0n) is 11.0. The molecule has 1 saturated heterocycles. The van der Waals surface area contributed by atoms with Crippen LogP contribution in [-0.4, -0.2) is 64.3 Å². The molecule has 0 bridgehead atoms. The third kappa shape index (κ3) is 3.60. The van der Waals surface area contributed by atoms with E-state index in [1.807, 2.05) is 0 Å². The SMILES string of the molecule is CCCCCN(C)C(=O)N1C[C@H](O)C[C@@H]1C(=O)O. The van der Waals surface area contributed by atoms with Gasteiger partial charge in [-0.1, -0.05) is 19.8 Å². The number of carboxylic acids is 1. The Morgan fingerprint density at radius 2 is 2.06 bits per heavy atom. The maximum absolute atomic E-state index is 12.1. The number of hydrogen-bond donors (Lipinski definition) is 2. The number of aliphatic hydroxyl groups is 1. The lowest BCUT2D eigenvalue weighted by atomic mass is 10.2. The monoisotopic (exact) mass is 258 g/mol. The summed E-state index contributed by atoms with van der Waals surface area (Å²) in [5.74, 6) is -1.05. The van der Waals surface area contributed by atoms with Crippen LogP contribution in [0.3, 0.4) is 0 Å². The predicted molar refractivity (Wildman–Crippen MR) is 66.3 cm³/mol. The fraction of sp³-hybridized carbons (Fsp3) is 0.833. The number of hydrogen-bond acceptors (Lipinski definition) is 3. The van der Waals surface area contributed by atoms with E-state index in [4.69, 9.17) is 5.11 Å². The van der Waals surface area contributed by atoms with E-state index in [0.29, 0.717) is 6.54 Å². The number of unbranched alkanes of at least 4 members (excludes halogenated alkanes) is 2. The number of likely N-dealkylation sites (tertiary alicyclic amines) is 1. The van der Waals surface area contributed by atoms with Crippen LogP contribution < -0.4 is 0 Å². The van der Waals surface area contributed by atoms with Gasteiger partial charge in [0.25, 0.3) is 0 Å². The van der Waals surface area contributed by atoms with E-state index in [9.17, 15) is 14.7 Å². The standard InChI is InChI=1S/C12H22N2O4/c1-3-4-5-6-13(2)12(18)14-8-9(15)7-10(14)11(16)17/h9-10,15H,3-8H2,1-2H3,(H,16,17)/t9-,10-/m1/s1. The second-order valence-electron chi connectivity index (χ2n) is 4.81. The quantitative estimate of drug-likeness (QED) is 0.713. The second-order valence-corrected chi connectivity index (χ2v) is 4.81. The fourth-order valence-corrected chi connectivity index (χ4v) is 2.17. The van der Waals surface area contributed by atoms with Crippen molar-refractivity contribution in [3.63, 3.8) is 0 Å². The molecule has 6 nitrogen and oxygen atoms in total. The van der Waals surface area contributed by atoms with E-state index < -0.39 is 18.1 Å². The van der Waals surface area contributed by atoms with Crippen LogP contribution >= 0.6 is 0 Å². The van der Waals surface area contributed by atoms with Gasteiger partial charge in [0.2, 0.25) is 0 Å². The molecule has 18 heavy (non-hydrogen) atoms. The Balaban J connectivity index is 2.56. The van der Waals surface area contributed by atoms with Crippen molar-refractivity contribution >= 4 is 12.0 Å². The summed E-state index contributed by atoms with van der Waals surface area (Å²) in [7, 11) is 1.67. The molecule has 1 aliphatic heterocycles. The van der Waals surface area contributed by atoms with Crippen molar-refractivity contribution in [1.29, 1.82) is 0 Å². The number of carbonyl (C=O) groups is 2. The minimum atomic E-state index is -1.05. The van der Waals surface area contributed by atoms with Crippen LogP contribution in [0.2, 0.25) is 0 Å². The van der Waals surface area contributed by atoms with Gasteiger partial charge in [-0.25, -0.2) is 9.59 Å². The third-order valence-electron chi connectivity index (χ3n) is 3.23. The summed E-state index contributed by atoms with van der Waals surface area (Å²) in [6.45, 7) is 2.80.